The normalized spacial score (nSPS) is 16.7. The molecule has 5 N–H and O–H groups in total. The predicted molar refractivity (Wildman–Crippen MR) is 164 cm³/mol. The van der Waals surface area contributed by atoms with Gasteiger partial charge in [-0.15, -0.1) is 0 Å². The SMILES string of the molecule is C=C/C(=C\C(=C/N)C(C)(O)N=S(C)(=O)c1cccc(C(=O)CC)c1)c1cccc(NC(C)(O)c2cc(C)nn2C)c1. The molecule has 218 valence electrons. The number of hydrogen-bond acceptors (Lipinski definition) is 8. The largest absolute Gasteiger partial charge is 0.404 e. The summed E-state index contributed by atoms with van der Waals surface area (Å²) in [5.74, 6) is -0.0800. The highest BCUT2D eigenvalue weighted by Gasteiger charge is 2.28. The van der Waals surface area contributed by atoms with E-state index in [2.05, 4.69) is 21.4 Å². The van der Waals surface area contributed by atoms with E-state index in [0.717, 1.165) is 11.3 Å². The molecule has 1 aromatic heterocycles. The molecule has 0 bridgehead atoms. The van der Waals surface area contributed by atoms with Gasteiger partial charge in [-0.05, 0) is 68.3 Å². The fourth-order valence-corrected chi connectivity index (χ4v) is 6.08. The van der Waals surface area contributed by atoms with Gasteiger partial charge in [0.2, 0.25) is 0 Å². The molecule has 9 nitrogen and oxygen atoms in total. The Labute approximate surface area is 242 Å². The zero-order valence-corrected chi connectivity index (χ0v) is 25.2. The van der Waals surface area contributed by atoms with Crippen molar-refractivity contribution in [1.82, 2.24) is 9.78 Å². The highest BCUT2D eigenvalue weighted by molar-refractivity contribution is 7.93. The molecule has 0 fully saturated rings. The average molecular weight is 578 g/mol. The van der Waals surface area contributed by atoms with Crippen LogP contribution in [-0.4, -0.2) is 42.0 Å². The number of benzene rings is 2. The molecule has 3 atom stereocenters. The first kappa shape index (κ1) is 31.5. The number of ketones is 1. The lowest BCUT2D eigenvalue weighted by Gasteiger charge is -2.26. The molecule has 0 aliphatic rings. The number of aromatic nitrogens is 2. The number of anilines is 1. The van der Waals surface area contributed by atoms with Crippen LogP contribution in [0.15, 0.2) is 94.4 Å². The van der Waals surface area contributed by atoms with Gasteiger partial charge in [0.1, 0.15) is 0 Å². The standard InChI is InChI=1S/C31H39N5O4S/c1-8-22(23-12-10-14-26(18-23)33-31(5,39)29-16-21(3)34-36(29)6)17-25(20-32)30(4,38)35-41(7,40)27-15-11-13-24(19-27)28(37)9-2/h8,10-20,33,38-39H,1,9,32H2,2-7H3/b22-17+,25-20+. The maximum Gasteiger partial charge on any atom is 0.190 e. The van der Waals surface area contributed by atoms with Gasteiger partial charge in [-0.2, -0.15) is 9.46 Å². The Morgan fingerprint density at radius 2 is 1.83 bits per heavy atom. The minimum absolute atomic E-state index is 0.0800. The Morgan fingerprint density at radius 3 is 2.41 bits per heavy atom. The van der Waals surface area contributed by atoms with Crippen molar-refractivity contribution in [2.75, 3.05) is 11.6 Å². The second-order valence-corrected chi connectivity index (χ2v) is 12.5. The summed E-state index contributed by atoms with van der Waals surface area (Å²) < 4.78 is 19.6. The molecule has 0 spiro atoms. The first-order valence-electron chi connectivity index (χ1n) is 13.1. The number of Topliss-reactive ketones (excluding diaryl/α,β-unsaturated/α-hetero) is 1. The smallest absolute Gasteiger partial charge is 0.190 e. The van der Waals surface area contributed by atoms with Gasteiger partial charge in [0, 0.05) is 47.6 Å². The molecule has 0 amide bonds. The van der Waals surface area contributed by atoms with E-state index >= 15 is 0 Å². The predicted octanol–water partition coefficient (Wildman–Crippen LogP) is 4.88. The van der Waals surface area contributed by atoms with Crippen molar-refractivity contribution in [3.05, 3.63) is 108 Å². The van der Waals surface area contributed by atoms with Gasteiger partial charge in [0.25, 0.3) is 0 Å². The third-order valence-corrected chi connectivity index (χ3v) is 8.44. The molecule has 2 aromatic carbocycles. The summed E-state index contributed by atoms with van der Waals surface area (Å²) in [6, 6.07) is 15.6. The molecule has 10 heteroatoms. The van der Waals surface area contributed by atoms with Crippen molar-refractivity contribution in [2.45, 2.75) is 50.5 Å². The second kappa shape index (κ2) is 12.3. The molecule has 3 rings (SSSR count). The van der Waals surface area contributed by atoms with Crippen molar-refractivity contribution in [2.24, 2.45) is 17.1 Å². The van der Waals surface area contributed by atoms with Gasteiger partial charge < -0.3 is 21.3 Å². The van der Waals surface area contributed by atoms with Gasteiger partial charge in [0.15, 0.2) is 17.2 Å². The fourth-order valence-electron chi connectivity index (χ4n) is 4.51. The molecule has 0 aliphatic heterocycles. The van der Waals surface area contributed by atoms with Crippen LogP contribution in [0.1, 0.15) is 54.5 Å². The van der Waals surface area contributed by atoms with E-state index in [4.69, 9.17) is 5.73 Å². The van der Waals surface area contributed by atoms with Crippen LogP contribution in [0.5, 0.6) is 0 Å². The molecule has 0 aliphatic carbocycles. The van der Waals surface area contributed by atoms with Crippen LogP contribution >= 0.6 is 0 Å². The summed E-state index contributed by atoms with van der Waals surface area (Å²) in [6.45, 7) is 10.6. The molecule has 3 unspecified atom stereocenters. The van der Waals surface area contributed by atoms with E-state index < -0.39 is 21.2 Å². The van der Waals surface area contributed by atoms with Crippen LogP contribution < -0.4 is 11.1 Å². The first-order valence-corrected chi connectivity index (χ1v) is 15.0. The second-order valence-electron chi connectivity index (χ2n) is 10.2. The monoisotopic (exact) mass is 577 g/mol. The summed E-state index contributed by atoms with van der Waals surface area (Å²) in [7, 11) is -1.36. The lowest BCUT2D eigenvalue weighted by Crippen LogP contribution is -2.33. The Bertz CT molecular complexity index is 1640. The Kier molecular flexibility index (Phi) is 9.43. The Hall–Kier alpha value is -3.99. The van der Waals surface area contributed by atoms with Gasteiger partial charge in [0.05, 0.1) is 21.1 Å². The maximum atomic E-state index is 13.6. The van der Waals surface area contributed by atoms with E-state index in [1.165, 1.54) is 19.4 Å². The number of allylic oxidation sites excluding steroid dienone is 2. The topological polar surface area (TPSA) is 143 Å². The Balaban J connectivity index is 1.97. The van der Waals surface area contributed by atoms with E-state index in [-0.39, 0.29) is 11.4 Å². The van der Waals surface area contributed by atoms with Crippen LogP contribution in [0.25, 0.3) is 5.57 Å². The fraction of sp³-hybridized carbons (Fsp3) is 0.290. The summed E-state index contributed by atoms with van der Waals surface area (Å²) in [5.41, 5.74) is 6.55. The van der Waals surface area contributed by atoms with Crippen LogP contribution in [0.3, 0.4) is 0 Å². The molecule has 1 heterocycles. The first-order chi connectivity index (χ1) is 19.1. The van der Waals surface area contributed by atoms with Crippen LogP contribution in [-0.2, 0) is 22.5 Å². The van der Waals surface area contributed by atoms with Crippen molar-refractivity contribution in [3.8, 4) is 0 Å². The summed E-state index contributed by atoms with van der Waals surface area (Å²) >= 11 is 0. The van der Waals surface area contributed by atoms with Crippen molar-refractivity contribution >= 4 is 26.8 Å². The summed E-state index contributed by atoms with van der Waals surface area (Å²) in [6.07, 6.45) is 6.15. The zero-order valence-electron chi connectivity index (χ0n) is 24.4. The Morgan fingerprint density at radius 1 is 1.17 bits per heavy atom. The maximum absolute atomic E-state index is 13.6. The highest BCUT2D eigenvalue weighted by Crippen LogP contribution is 2.30. The molecular formula is C31H39N5O4S. The van der Waals surface area contributed by atoms with Gasteiger partial charge in [-0.1, -0.05) is 43.8 Å². The van der Waals surface area contributed by atoms with Gasteiger partial charge in [-0.3, -0.25) is 9.48 Å². The summed E-state index contributed by atoms with van der Waals surface area (Å²) in [5, 5.41) is 30.0. The average Bonchev–Trinajstić information content (AvgIpc) is 3.26. The van der Waals surface area contributed by atoms with E-state index in [1.54, 1.807) is 68.1 Å². The van der Waals surface area contributed by atoms with Crippen LogP contribution in [0, 0.1) is 6.92 Å². The molecule has 0 saturated carbocycles. The van der Waals surface area contributed by atoms with Crippen molar-refractivity contribution in [3.63, 3.8) is 0 Å². The summed E-state index contributed by atoms with van der Waals surface area (Å²) in [4.78, 5) is 12.5. The lowest BCUT2D eigenvalue weighted by atomic mass is 9.98. The van der Waals surface area contributed by atoms with E-state index in [1.807, 2.05) is 31.2 Å². The van der Waals surface area contributed by atoms with Crippen LogP contribution in [0.4, 0.5) is 5.69 Å². The quantitative estimate of drug-likeness (QED) is 0.145. The van der Waals surface area contributed by atoms with E-state index in [9.17, 15) is 19.2 Å². The lowest BCUT2D eigenvalue weighted by molar-refractivity contribution is 0.0796. The molecule has 0 saturated heterocycles. The number of nitrogens with zero attached hydrogens (tertiary/aromatic N) is 3. The number of aliphatic hydroxyl groups is 2. The van der Waals surface area contributed by atoms with Gasteiger partial charge in [-0.25, -0.2) is 4.21 Å². The number of hydrogen-bond donors (Lipinski definition) is 4. The zero-order chi connectivity index (χ0) is 30.6. The van der Waals surface area contributed by atoms with E-state index in [0.29, 0.717) is 33.8 Å². The third kappa shape index (κ3) is 7.40. The minimum atomic E-state index is -3.12. The van der Waals surface area contributed by atoms with Crippen molar-refractivity contribution < 1.29 is 19.2 Å². The number of carbonyl (C=O) groups is 1. The third-order valence-electron chi connectivity index (χ3n) is 6.61. The molecule has 41 heavy (non-hydrogen) atoms. The van der Waals surface area contributed by atoms with Crippen molar-refractivity contribution in [1.29, 1.82) is 0 Å². The van der Waals surface area contributed by atoms with Gasteiger partial charge >= 0.3 is 0 Å². The molecule has 0 radical (unpaired) electrons. The highest BCUT2D eigenvalue weighted by atomic mass is 32.2. The number of rotatable bonds is 11. The number of nitrogens with one attached hydrogen (secondary N) is 1. The number of carbonyl (C=O) groups excluding carboxylic acids is 1. The molecule has 3 aromatic rings. The number of nitrogens with two attached hydrogens (primary N) is 1. The minimum Gasteiger partial charge on any atom is -0.404 e. The molecular weight excluding hydrogens is 538 g/mol. The number of aryl methyl sites for hydroxylation is 2. The van der Waals surface area contributed by atoms with Crippen LogP contribution in [0.2, 0.25) is 0 Å².